The van der Waals surface area contributed by atoms with Gasteiger partial charge in [-0.2, -0.15) is 0 Å². The first kappa shape index (κ1) is 23.1. The minimum atomic E-state index is -0.470. The molecule has 0 radical (unpaired) electrons. The lowest BCUT2D eigenvalue weighted by Crippen LogP contribution is -2.39. The average Bonchev–Trinajstić information content (AvgIpc) is 2.85. The van der Waals surface area contributed by atoms with Crippen molar-refractivity contribution >= 4 is 29.0 Å². The van der Waals surface area contributed by atoms with E-state index in [0.29, 0.717) is 17.3 Å². The van der Waals surface area contributed by atoms with Crippen molar-refractivity contribution in [2.75, 3.05) is 23.9 Å². The molecule has 0 aliphatic rings. The van der Waals surface area contributed by atoms with Crippen molar-refractivity contribution in [1.29, 1.82) is 0 Å². The third kappa shape index (κ3) is 4.94. The first-order chi connectivity index (χ1) is 16.3. The topological polar surface area (TPSA) is 78.4 Å². The van der Waals surface area contributed by atoms with Gasteiger partial charge < -0.3 is 0 Å². The first-order valence-corrected chi connectivity index (χ1v) is 11.0. The minimum Gasteiger partial charge on any atom is -0.297 e. The zero-order valence-electron chi connectivity index (χ0n) is 18.7. The summed E-state index contributed by atoms with van der Waals surface area (Å²) in [5.41, 5.74) is 3.21. The molecule has 1 aromatic heterocycles. The number of hydrogen-bond donors (Lipinski definition) is 1. The molecule has 0 saturated heterocycles. The molecule has 0 aliphatic heterocycles. The summed E-state index contributed by atoms with van der Waals surface area (Å²) in [6, 6.07) is 23.6. The number of halogens is 1. The van der Waals surface area contributed by atoms with E-state index in [2.05, 4.69) is 4.98 Å². The Morgan fingerprint density at radius 3 is 2.29 bits per heavy atom. The van der Waals surface area contributed by atoms with Gasteiger partial charge >= 0.3 is 11.7 Å². The van der Waals surface area contributed by atoms with Crippen molar-refractivity contribution in [2.45, 2.75) is 6.54 Å². The van der Waals surface area contributed by atoms with E-state index in [-0.39, 0.29) is 6.03 Å². The summed E-state index contributed by atoms with van der Waals surface area (Å²) in [4.78, 5) is 41.8. The smallest absolute Gasteiger partial charge is 0.297 e. The van der Waals surface area contributed by atoms with E-state index < -0.39 is 11.2 Å². The van der Waals surface area contributed by atoms with E-state index in [9.17, 15) is 14.4 Å². The number of aromatic amines is 1. The highest BCUT2D eigenvalue weighted by molar-refractivity contribution is 6.31. The number of carbonyl (C=O) groups excluding carboxylic acids is 1. The van der Waals surface area contributed by atoms with Crippen LogP contribution in [0, 0.1) is 0 Å². The zero-order chi connectivity index (χ0) is 24.2. The fraction of sp³-hybridized carbons (Fsp3) is 0.115. The van der Waals surface area contributed by atoms with Crippen LogP contribution in [0.1, 0.15) is 5.56 Å². The van der Waals surface area contributed by atoms with E-state index >= 15 is 0 Å². The third-order valence-electron chi connectivity index (χ3n) is 5.55. The Kier molecular flexibility index (Phi) is 6.65. The Labute approximate surface area is 201 Å². The fourth-order valence-corrected chi connectivity index (χ4v) is 3.85. The van der Waals surface area contributed by atoms with Crippen LogP contribution >= 0.6 is 11.6 Å². The van der Waals surface area contributed by atoms with Gasteiger partial charge in [0.25, 0.3) is 5.56 Å². The molecule has 0 bridgehead atoms. The van der Waals surface area contributed by atoms with Gasteiger partial charge in [0.2, 0.25) is 0 Å². The number of nitrogens with one attached hydrogen (secondary N) is 1. The number of H-pyrrole nitrogens is 1. The summed E-state index contributed by atoms with van der Waals surface area (Å²) in [5.74, 6) is 0. The Hall–Kier alpha value is -4.10. The van der Waals surface area contributed by atoms with Gasteiger partial charge in [-0.15, -0.1) is 0 Å². The molecule has 4 aromatic rings. The van der Waals surface area contributed by atoms with Gasteiger partial charge in [-0.3, -0.25) is 24.1 Å². The fourth-order valence-electron chi connectivity index (χ4n) is 3.68. The van der Waals surface area contributed by atoms with E-state index in [0.717, 1.165) is 22.4 Å². The maximum Gasteiger partial charge on any atom is 0.328 e. The first-order valence-electron chi connectivity index (χ1n) is 10.6. The largest absolute Gasteiger partial charge is 0.328 e. The number of urea groups is 1. The van der Waals surface area contributed by atoms with Gasteiger partial charge in [-0.05, 0) is 41.5 Å². The monoisotopic (exact) mass is 474 g/mol. The van der Waals surface area contributed by atoms with Crippen LogP contribution in [0.25, 0.3) is 11.1 Å². The van der Waals surface area contributed by atoms with Crippen LogP contribution in [-0.2, 0) is 6.54 Å². The molecule has 34 heavy (non-hydrogen) atoms. The van der Waals surface area contributed by atoms with Crippen molar-refractivity contribution in [1.82, 2.24) is 9.55 Å². The molecule has 172 valence electrons. The molecule has 7 nitrogen and oxygen atoms in total. The number of nitrogens with zero attached hydrogens (tertiary/aromatic N) is 3. The van der Waals surface area contributed by atoms with Gasteiger partial charge in [0.1, 0.15) is 0 Å². The van der Waals surface area contributed by atoms with Crippen molar-refractivity contribution in [3.8, 4) is 11.1 Å². The second-order valence-corrected chi connectivity index (χ2v) is 8.27. The quantitative estimate of drug-likeness (QED) is 0.459. The summed E-state index contributed by atoms with van der Waals surface area (Å²) < 4.78 is 1.41. The summed E-state index contributed by atoms with van der Waals surface area (Å²) in [5, 5.41) is 0.592. The molecule has 2 amide bonds. The molecule has 0 aliphatic carbocycles. The molecule has 1 N–H and O–H groups in total. The van der Waals surface area contributed by atoms with Gasteiger partial charge in [0.15, 0.2) is 0 Å². The number of carbonyl (C=O) groups is 1. The predicted molar refractivity (Wildman–Crippen MR) is 136 cm³/mol. The number of anilines is 2. The Balaban J connectivity index is 1.55. The molecule has 3 aromatic carbocycles. The molecule has 1 heterocycles. The van der Waals surface area contributed by atoms with Crippen molar-refractivity contribution < 1.29 is 4.79 Å². The number of rotatable bonds is 5. The van der Waals surface area contributed by atoms with E-state index in [1.54, 1.807) is 30.0 Å². The number of hydrogen-bond acceptors (Lipinski definition) is 3. The van der Waals surface area contributed by atoms with Crippen LogP contribution in [0.4, 0.5) is 16.2 Å². The highest BCUT2D eigenvalue weighted by atomic mass is 35.5. The lowest BCUT2D eigenvalue weighted by atomic mass is 10.0. The summed E-state index contributed by atoms with van der Waals surface area (Å²) in [6.45, 7) is 0.304. The van der Waals surface area contributed by atoms with Crippen LogP contribution in [0.2, 0.25) is 5.02 Å². The predicted octanol–water partition coefficient (Wildman–Crippen LogP) is 4.60. The Bertz CT molecular complexity index is 1430. The summed E-state index contributed by atoms with van der Waals surface area (Å²) in [7, 11) is 3.43. The molecular formula is C26H23ClN4O3. The lowest BCUT2D eigenvalue weighted by molar-refractivity contribution is 0.253. The van der Waals surface area contributed by atoms with Crippen molar-refractivity contribution in [2.24, 2.45) is 0 Å². The Morgan fingerprint density at radius 2 is 1.62 bits per heavy atom. The highest BCUT2D eigenvalue weighted by Crippen LogP contribution is 2.33. The van der Waals surface area contributed by atoms with Crippen molar-refractivity contribution in [3.05, 3.63) is 116 Å². The van der Waals surface area contributed by atoms with Gasteiger partial charge in [-0.1, -0.05) is 54.1 Å². The Morgan fingerprint density at radius 1 is 0.912 bits per heavy atom. The molecule has 8 heteroatoms. The molecular weight excluding hydrogens is 452 g/mol. The molecule has 0 unspecified atom stereocenters. The molecule has 4 rings (SSSR count). The van der Waals surface area contributed by atoms with Crippen LogP contribution in [0.3, 0.4) is 0 Å². The van der Waals surface area contributed by atoms with E-state index in [1.165, 1.54) is 16.8 Å². The third-order valence-corrected chi connectivity index (χ3v) is 5.79. The summed E-state index contributed by atoms with van der Waals surface area (Å²) in [6.07, 6.45) is 1.45. The molecule has 0 saturated carbocycles. The highest BCUT2D eigenvalue weighted by Gasteiger charge is 2.20. The second-order valence-electron chi connectivity index (χ2n) is 7.83. The molecule has 0 spiro atoms. The second kappa shape index (κ2) is 9.80. The maximum atomic E-state index is 13.3. The van der Waals surface area contributed by atoms with Crippen LogP contribution in [0.5, 0.6) is 0 Å². The normalized spacial score (nSPS) is 10.7. The SMILES string of the molecule is CN(C(=O)N(C)c1ccc(Cl)cc1-c1ccccc1)c1ccc(Cn2ccc(=O)[nH]c2=O)cc1. The van der Waals surface area contributed by atoms with Gasteiger partial charge in [-0.25, -0.2) is 9.59 Å². The van der Waals surface area contributed by atoms with Crippen LogP contribution in [-0.4, -0.2) is 29.7 Å². The molecule has 0 atom stereocenters. The van der Waals surface area contributed by atoms with Gasteiger partial charge in [0, 0.05) is 42.6 Å². The van der Waals surface area contributed by atoms with E-state index in [4.69, 9.17) is 11.6 Å². The maximum absolute atomic E-state index is 13.3. The van der Waals surface area contributed by atoms with Crippen molar-refractivity contribution in [3.63, 3.8) is 0 Å². The number of amides is 2. The minimum absolute atomic E-state index is 0.218. The summed E-state index contributed by atoms with van der Waals surface area (Å²) >= 11 is 6.25. The van der Waals surface area contributed by atoms with Gasteiger partial charge in [0.05, 0.1) is 12.2 Å². The number of aromatic nitrogens is 2. The zero-order valence-corrected chi connectivity index (χ0v) is 19.5. The number of benzene rings is 3. The lowest BCUT2D eigenvalue weighted by Gasteiger charge is -2.27. The van der Waals surface area contributed by atoms with Crippen LogP contribution in [0.15, 0.2) is 94.6 Å². The molecule has 0 fully saturated rings. The average molecular weight is 475 g/mol. The van der Waals surface area contributed by atoms with E-state index in [1.807, 2.05) is 66.7 Å². The van der Waals surface area contributed by atoms with Crippen LogP contribution < -0.4 is 21.0 Å². The standard InChI is InChI=1S/C26H23ClN4O3/c1-29(21-11-8-18(9-12-21)17-31-15-14-24(32)28-25(31)33)26(34)30(2)23-13-10-20(27)16-22(23)19-6-4-3-5-7-19/h3-16H,17H2,1-2H3,(H,28,32,33).